The number of nitrogens with zero attached hydrogens (tertiary/aromatic N) is 1. The number of ether oxygens (including phenoxy) is 1. The Kier molecular flexibility index (Phi) is 6.07. The minimum atomic E-state index is -0.558. The van der Waals surface area contributed by atoms with E-state index in [1.54, 1.807) is 24.3 Å². The van der Waals surface area contributed by atoms with Crippen LogP contribution in [0.25, 0.3) is 0 Å². The summed E-state index contributed by atoms with van der Waals surface area (Å²) in [6, 6.07) is 13.5. The van der Waals surface area contributed by atoms with Gasteiger partial charge in [0.2, 0.25) is 5.91 Å². The first kappa shape index (κ1) is 20.3. The highest BCUT2D eigenvalue weighted by Crippen LogP contribution is 2.23. The molecule has 3 amide bonds. The van der Waals surface area contributed by atoms with Crippen molar-refractivity contribution in [3.63, 3.8) is 0 Å². The molecule has 1 N–H and O–H groups in total. The number of aryl methyl sites for hydroxylation is 1. The maximum atomic E-state index is 12.5. The predicted octanol–water partition coefficient (Wildman–Crippen LogP) is 2.40. The summed E-state index contributed by atoms with van der Waals surface area (Å²) in [5.74, 6) is -1.61. The monoisotopic (exact) mass is 394 g/mol. The molecule has 1 aliphatic heterocycles. The maximum Gasteiger partial charge on any atom is 0.307 e. The van der Waals surface area contributed by atoms with E-state index in [4.69, 9.17) is 4.74 Å². The van der Waals surface area contributed by atoms with Gasteiger partial charge in [-0.1, -0.05) is 42.0 Å². The zero-order chi connectivity index (χ0) is 21.0. The van der Waals surface area contributed by atoms with Crippen LogP contribution in [0.1, 0.15) is 50.7 Å². The van der Waals surface area contributed by atoms with Crippen LogP contribution in [0.3, 0.4) is 0 Å². The molecule has 2 aromatic rings. The first-order chi connectivity index (χ1) is 13.9. The van der Waals surface area contributed by atoms with Crippen LogP contribution in [-0.2, 0) is 14.3 Å². The van der Waals surface area contributed by atoms with Gasteiger partial charge in [-0.25, -0.2) is 0 Å². The highest BCUT2D eigenvalue weighted by atomic mass is 16.5. The van der Waals surface area contributed by atoms with Crippen molar-refractivity contribution in [1.29, 1.82) is 0 Å². The smallest absolute Gasteiger partial charge is 0.307 e. The second-order valence-electron chi connectivity index (χ2n) is 6.87. The summed E-state index contributed by atoms with van der Waals surface area (Å²) < 4.78 is 4.72. The van der Waals surface area contributed by atoms with Crippen molar-refractivity contribution in [2.24, 2.45) is 0 Å². The van der Waals surface area contributed by atoms with Crippen molar-refractivity contribution < 1.29 is 23.9 Å². The summed E-state index contributed by atoms with van der Waals surface area (Å²) in [6.07, 6.45) is -0.0761. The van der Waals surface area contributed by atoms with E-state index < -0.39 is 23.8 Å². The van der Waals surface area contributed by atoms with Crippen LogP contribution < -0.4 is 5.32 Å². The van der Waals surface area contributed by atoms with Crippen molar-refractivity contribution in [3.05, 3.63) is 70.8 Å². The van der Waals surface area contributed by atoms with Crippen molar-refractivity contribution in [2.75, 3.05) is 13.7 Å². The van der Waals surface area contributed by atoms with Gasteiger partial charge < -0.3 is 10.1 Å². The Morgan fingerprint density at radius 3 is 2.14 bits per heavy atom. The van der Waals surface area contributed by atoms with E-state index in [1.165, 1.54) is 7.11 Å². The molecule has 0 saturated carbocycles. The minimum Gasteiger partial charge on any atom is -0.469 e. The van der Waals surface area contributed by atoms with Crippen molar-refractivity contribution in [3.8, 4) is 0 Å². The lowest BCUT2D eigenvalue weighted by atomic mass is 10.0. The number of carbonyl (C=O) groups excluding carboxylic acids is 4. The van der Waals surface area contributed by atoms with Gasteiger partial charge in [-0.2, -0.15) is 0 Å². The van der Waals surface area contributed by atoms with Gasteiger partial charge in [0.1, 0.15) is 0 Å². The predicted molar refractivity (Wildman–Crippen MR) is 105 cm³/mol. The molecule has 1 unspecified atom stereocenters. The van der Waals surface area contributed by atoms with E-state index in [9.17, 15) is 19.2 Å². The number of nitrogens with one attached hydrogen (secondary N) is 1. The molecule has 2 aromatic carbocycles. The molecule has 0 radical (unpaired) electrons. The number of carbonyl (C=O) groups is 4. The second-order valence-corrected chi connectivity index (χ2v) is 6.87. The van der Waals surface area contributed by atoms with Gasteiger partial charge in [-0.05, 0) is 24.6 Å². The lowest BCUT2D eigenvalue weighted by Crippen LogP contribution is -2.36. The molecular formula is C22H22N2O5. The average molecular weight is 394 g/mol. The lowest BCUT2D eigenvalue weighted by molar-refractivity contribution is -0.141. The molecule has 0 aliphatic carbocycles. The van der Waals surface area contributed by atoms with E-state index in [0.717, 1.165) is 16.0 Å². The third-order valence-electron chi connectivity index (χ3n) is 4.85. The van der Waals surface area contributed by atoms with Crippen LogP contribution in [0.4, 0.5) is 0 Å². The number of imide groups is 1. The number of hydrogen-bond acceptors (Lipinski definition) is 5. The Morgan fingerprint density at radius 1 is 1.00 bits per heavy atom. The number of benzene rings is 2. The highest BCUT2D eigenvalue weighted by molar-refractivity contribution is 6.21. The zero-order valence-electron chi connectivity index (χ0n) is 16.3. The number of hydrogen-bond donors (Lipinski definition) is 1. The standard InChI is InChI=1S/C22H22N2O5/c1-14-7-9-15(10-8-14)18(13-20(26)29-2)23-19(25)11-12-24-21(27)16-5-3-4-6-17(16)22(24)28/h3-10,18H,11-13H2,1-2H3,(H,23,25). The number of fused-ring (bicyclic) bond motifs is 1. The van der Waals surface area contributed by atoms with Crippen LogP contribution in [-0.4, -0.2) is 42.2 Å². The van der Waals surface area contributed by atoms with Crippen LogP contribution in [0.5, 0.6) is 0 Å². The summed E-state index contributed by atoms with van der Waals surface area (Å²) in [5.41, 5.74) is 2.53. The SMILES string of the molecule is COC(=O)CC(NC(=O)CCN1C(=O)c2ccccc2C1=O)c1ccc(C)cc1. The van der Waals surface area contributed by atoms with E-state index in [2.05, 4.69) is 5.32 Å². The Labute approximate surface area is 168 Å². The molecule has 29 heavy (non-hydrogen) atoms. The van der Waals surface area contributed by atoms with E-state index in [1.807, 2.05) is 31.2 Å². The van der Waals surface area contributed by atoms with Gasteiger partial charge in [0, 0.05) is 13.0 Å². The van der Waals surface area contributed by atoms with Crippen LogP contribution in [0.2, 0.25) is 0 Å². The Hall–Kier alpha value is -3.48. The molecule has 7 nitrogen and oxygen atoms in total. The van der Waals surface area contributed by atoms with Gasteiger partial charge in [0.25, 0.3) is 11.8 Å². The fraction of sp³-hybridized carbons (Fsp3) is 0.273. The summed E-state index contributed by atoms with van der Waals surface area (Å²) in [4.78, 5) is 50.1. The first-order valence-corrected chi connectivity index (χ1v) is 9.28. The molecule has 150 valence electrons. The van der Waals surface area contributed by atoms with Crippen molar-refractivity contribution in [2.45, 2.75) is 25.8 Å². The highest BCUT2D eigenvalue weighted by Gasteiger charge is 2.35. The molecule has 0 saturated heterocycles. The molecule has 0 fully saturated rings. The number of esters is 1. The zero-order valence-corrected chi connectivity index (χ0v) is 16.3. The Balaban J connectivity index is 1.64. The molecular weight excluding hydrogens is 372 g/mol. The topological polar surface area (TPSA) is 92.8 Å². The van der Waals surface area contributed by atoms with Crippen LogP contribution in [0, 0.1) is 6.92 Å². The molecule has 1 atom stereocenters. The average Bonchev–Trinajstić information content (AvgIpc) is 2.97. The normalized spacial score (nSPS) is 13.8. The van der Waals surface area contributed by atoms with Gasteiger partial charge in [0.05, 0.1) is 30.7 Å². The molecule has 0 bridgehead atoms. The fourth-order valence-electron chi connectivity index (χ4n) is 3.22. The largest absolute Gasteiger partial charge is 0.469 e. The third kappa shape index (κ3) is 4.51. The number of rotatable bonds is 7. The molecule has 1 aliphatic rings. The fourth-order valence-corrected chi connectivity index (χ4v) is 3.22. The molecule has 0 aromatic heterocycles. The summed E-state index contributed by atoms with van der Waals surface area (Å²) in [7, 11) is 1.29. The second kappa shape index (κ2) is 8.68. The summed E-state index contributed by atoms with van der Waals surface area (Å²) in [5, 5.41) is 2.80. The quantitative estimate of drug-likeness (QED) is 0.575. The van der Waals surface area contributed by atoms with Gasteiger partial charge in [0.15, 0.2) is 0 Å². The van der Waals surface area contributed by atoms with Crippen molar-refractivity contribution in [1.82, 2.24) is 10.2 Å². The number of amides is 3. The van der Waals surface area contributed by atoms with E-state index in [-0.39, 0.29) is 25.3 Å². The minimum absolute atomic E-state index is 0.0156. The lowest BCUT2D eigenvalue weighted by Gasteiger charge is -2.19. The van der Waals surface area contributed by atoms with Gasteiger partial charge in [-0.3, -0.25) is 24.1 Å². The summed E-state index contributed by atoms with van der Waals surface area (Å²) >= 11 is 0. The molecule has 7 heteroatoms. The van der Waals surface area contributed by atoms with Crippen LogP contribution in [0.15, 0.2) is 48.5 Å². The Morgan fingerprint density at radius 2 is 1.59 bits per heavy atom. The van der Waals surface area contributed by atoms with E-state index in [0.29, 0.717) is 11.1 Å². The van der Waals surface area contributed by atoms with Crippen LogP contribution >= 0.6 is 0 Å². The molecule has 3 rings (SSSR count). The van der Waals surface area contributed by atoms with Crippen molar-refractivity contribution >= 4 is 23.7 Å². The first-order valence-electron chi connectivity index (χ1n) is 9.28. The third-order valence-corrected chi connectivity index (χ3v) is 4.85. The number of methoxy groups -OCH3 is 1. The summed E-state index contributed by atoms with van der Waals surface area (Å²) in [6.45, 7) is 1.91. The van der Waals surface area contributed by atoms with E-state index >= 15 is 0 Å². The van der Waals surface area contributed by atoms with Gasteiger partial charge in [-0.15, -0.1) is 0 Å². The van der Waals surface area contributed by atoms with Gasteiger partial charge >= 0.3 is 5.97 Å². The molecule has 0 spiro atoms. The maximum absolute atomic E-state index is 12.5. The molecule has 1 heterocycles. The Bertz CT molecular complexity index is 917.